The van der Waals surface area contributed by atoms with E-state index in [0.29, 0.717) is 0 Å². The van der Waals surface area contributed by atoms with Gasteiger partial charge in [-0.25, -0.2) is 36.7 Å². The van der Waals surface area contributed by atoms with Crippen molar-refractivity contribution in [1.82, 2.24) is 0 Å². The number of hydrogen-bond donors (Lipinski definition) is 4. The summed E-state index contributed by atoms with van der Waals surface area (Å²) in [5.74, 6) is -29.9. The van der Waals surface area contributed by atoms with Crippen molar-refractivity contribution in [2.45, 2.75) is 0 Å². The van der Waals surface area contributed by atoms with Gasteiger partial charge in [-0.05, 0) is 0 Å². The highest BCUT2D eigenvalue weighted by Gasteiger charge is 2.37. The van der Waals surface area contributed by atoms with Gasteiger partial charge in [0.05, 0.1) is 0 Å². The van der Waals surface area contributed by atoms with E-state index in [0.717, 1.165) is 0 Å². The summed E-state index contributed by atoms with van der Waals surface area (Å²) < 4.78 is 97.1. The van der Waals surface area contributed by atoms with Gasteiger partial charge in [-0.2, -0.15) is 8.78 Å². The van der Waals surface area contributed by atoms with Crippen LogP contribution in [0.2, 0.25) is 20.1 Å². The third-order valence-corrected chi connectivity index (χ3v) is 6.64. The lowest BCUT2D eigenvalue weighted by atomic mass is 10.0. The molecule has 0 amide bonds. The average molecular weight is 684 g/mol. The van der Waals surface area contributed by atoms with E-state index in [1.54, 1.807) is 0 Å². The fourth-order valence-electron chi connectivity index (χ4n) is 3.23. The SMILES string of the molecule is O=C(O)c1c(F)c(F)c(Oc2c(Cl)c(Cl)c(Oc3c(F)c(F)c(C(=O)O)c(C(=O)O)c3F)c(Cl)c2Cl)c(F)c1C(=O)O. The zero-order valence-corrected chi connectivity index (χ0v) is 22.0. The van der Waals surface area contributed by atoms with Crippen molar-refractivity contribution < 1.29 is 75.4 Å². The van der Waals surface area contributed by atoms with E-state index in [4.69, 9.17) is 76.3 Å². The normalized spacial score (nSPS) is 10.9. The molecule has 4 N–H and O–H groups in total. The molecule has 3 rings (SSSR count). The molecule has 0 aliphatic carbocycles. The van der Waals surface area contributed by atoms with Crippen LogP contribution in [0.3, 0.4) is 0 Å². The van der Waals surface area contributed by atoms with Gasteiger partial charge < -0.3 is 29.9 Å². The van der Waals surface area contributed by atoms with Crippen LogP contribution in [0.4, 0.5) is 26.3 Å². The number of aromatic carboxylic acids is 4. The Kier molecular flexibility index (Phi) is 8.97. The minimum Gasteiger partial charge on any atom is -0.478 e. The summed E-state index contributed by atoms with van der Waals surface area (Å²) in [6.07, 6.45) is 0. The van der Waals surface area contributed by atoms with Crippen molar-refractivity contribution in [2.24, 2.45) is 0 Å². The Labute approximate surface area is 245 Å². The summed E-state index contributed by atoms with van der Waals surface area (Å²) in [4.78, 5) is 45.1. The highest BCUT2D eigenvalue weighted by Crippen LogP contribution is 2.53. The smallest absolute Gasteiger partial charge is 0.339 e. The molecule has 10 nitrogen and oxygen atoms in total. The van der Waals surface area contributed by atoms with E-state index in [1.807, 2.05) is 0 Å². The molecular formula is C22H4Cl4F6O10. The molecule has 0 aliphatic rings. The number of hydrogen-bond acceptors (Lipinski definition) is 6. The molecule has 0 saturated carbocycles. The molecule has 0 atom stereocenters. The molecule has 0 radical (unpaired) electrons. The summed E-state index contributed by atoms with van der Waals surface area (Å²) in [7, 11) is 0. The maximum atomic E-state index is 14.9. The first-order valence-electron chi connectivity index (χ1n) is 9.92. The number of carboxylic acids is 4. The van der Waals surface area contributed by atoms with Crippen molar-refractivity contribution in [3.63, 3.8) is 0 Å². The van der Waals surface area contributed by atoms with E-state index in [2.05, 4.69) is 0 Å². The summed E-state index contributed by atoms with van der Waals surface area (Å²) in [6.45, 7) is 0. The van der Waals surface area contributed by atoms with Crippen LogP contribution in [0.25, 0.3) is 0 Å². The van der Waals surface area contributed by atoms with E-state index in [-0.39, 0.29) is 0 Å². The van der Waals surface area contributed by atoms with Crippen LogP contribution < -0.4 is 9.47 Å². The van der Waals surface area contributed by atoms with Gasteiger partial charge >= 0.3 is 23.9 Å². The van der Waals surface area contributed by atoms with E-state index < -0.39 is 124 Å². The average Bonchev–Trinajstić information content (AvgIpc) is 2.89. The lowest BCUT2D eigenvalue weighted by Crippen LogP contribution is -2.16. The zero-order chi connectivity index (χ0) is 32.1. The minimum atomic E-state index is -2.40. The predicted molar refractivity (Wildman–Crippen MR) is 127 cm³/mol. The number of benzene rings is 3. The number of rotatable bonds is 8. The molecular weight excluding hydrogens is 680 g/mol. The molecule has 3 aromatic carbocycles. The summed E-state index contributed by atoms with van der Waals surface area (Å²) in [6, 6.07) is 0. The van der Waals surface area contributed by atoms with Gasteiger partial charge in [-0.1, -0.05) is 46.4 Å². The summed E-state index contributed by atoms with van der Waals surface area (Å²) in [5, 5.41) is 31.8. The Hall–Kier alpha value is -4.12. The number of carbonyl (C=O) groups is 4. The first-order valence-corrected chi connectivity index (χ1v) is 11.4. The van der Waals surface area contributed by atoms with Gasteiger partial charge in [-0.3, -0.25) is 0 Å². The fourth-order valence-corrected chi connectivity index (χ4v) is 4.21. The topological polar surface area (TPSA) is 168 Å². The number of ether oxygens (including phenoxy) is 2. The molecule has 222 valence electrons. The minimum absolute atomic E-state index is 1.11. The highest BCUT2D eigenvalue weighted by atomic mass is 35.5. The highest BCUT2D eigenvalue weighted by molar-refractivity contribution is 6.50. The number of halogens is 10. The first-order chi connectivity index (χ1) is 19.4. The second kappa shape index (κ2) is 11.6. The molecule has 0 aliphatic heterocycles. The molecule has 20 heteroatoms. The van der Waals surface area contributed by atoms with Crippen LogP contribution in [0.5, 0.6) is 23.0 Å². The Balaban J connectivity index is 2.26. The second-order valence-corrected chi connectivity index (χ2v) is 8.89. The Morgan fingerprint density at radius 3 is 0.833 bits per heavy atom. The van der Waals surface area contributed by atoms with Crippen molar-refractivity contribution in [3.05, 3.63) is 77.2 Å². The van der Waals surface area contributed by atoms with Crippen LogP contribution in [-0.4, -0.2) is 44.3 Å². The van der Waals surface area contributed by atoms with Gasteiger partial charge in [-0.15, -0.1) is 0 Å². The number of carboxylic acid groups (broad SMARTS) is 4. The van der Waals surface area contributed by atoms with Crippen LogP contribution in [0.15, 0.2) is 0 Å². The second-order valence-electron chi connectivity index (χ2n) is 7.38. The summed E-state index contributed by atoms with van der Waals surface area (Å²) in [5.41, 5.74) is -7.64. The van der Waals surface area contributed by atoms with Crippen LogP contribution in [-0.2, 0) is 0 Å². The van der Waals surface area contributed by atoms with Crippen molar-refractivity contribution in [2.75, 3.05) is 0 Å². The van der Waals surface area contributed by atoms with Crippen molar-refractivity contribution in [1.29, 1.82) is 0 Å². The predicted octanol–water partition coefficient (Wildman–Crippen LogP) is 7.51. The van der Waals surface area contributed by atoms with E-state index in [9.17, 15) is 45.5 Å². The van der Waals surface area contributed by atoms with Crippen molar-refractivity contribution in [3.8, 4) is 23.0 Å². The molecule has 0 saturated heterocycles. The van der Waals surface area contributed by atoms with Crippen molar-refractivity contribution >= 4 is 70.3 Å². The Bertz CT molecular complexity index is 1610. The molecule has 3 aromatic rings. The first kappa shape index (κ1) is 32.4. The Morgan fingerprint density at radius 2 is 0.619 bits per heavy atom. The molecule has 0 spiro atoms. The maximum absolute atomic E-state index is 14.9. The summed E-state index contributed by atoms with van der Waals surface area (Å²) >= 11 is 23.7. The molecule has 0 fully saturated rings. The monoisotopic (exact) mass is 682 g/mol. The molecule has 0 aromatic heterocycles. The third-order valence-electron chi connectivity index (χ3n) is 5.01. The fraction of sp³-hybridized carbons (Fsp3) is 0. The molecule has 0 unspecified atom stereocenters. The maximum Gasteiger partial charge on any atom is 0.339 e. The van der Waals surface area contributed by atoms with Crippen LogP contribution >= 0.6 is 46.4 Å². The largest absolute Gasteiger partial charge is 0.478 e. The van der Waals surface area contributed by atoms with Crippen LogP contribution in [0.1, 0.15) is 41.4 Å². The van der Waals surface area contributed by atoms with Gasteiger partial charge in [0, 0.05) is 0 Å². The van der Waals surface area contributed by atoms with Crippen LogP contribution in [0, 0.1) is 34.9 Å². The Morgan fingerprint density at radius 1 is 0.405 bits per heavy atom. The van der Waals surface area contributed by atoms with E-state index >= 15 is 0 Å². The standard InChI is InChI=1S/C22H4Cl4F6O10/c23-5-7(25)16(42-18-12(30)4(22(39)40)2(20(35)36)10(28)14(18)32)8(26)6(24)15(5)41-17-11(29)3(21(37)38)1(19(33)34)9(27)13(17)31/h(H,33,34)(H,35,36)(H,37,38)(H,39,40). The van der Waals surface area contributed by atoms with Gasteiger partial charge in [0.2, 0.25) is 23.1 Å². The molecule has 42 heavy (non-hydrogen) atoms. The lowest BCUT2D eigenvalue weighted by molar-refractivity contribution is 0.0640. The molecule has 0 bridgehead atoms. The van der Waals surface area contributed by atoms with Gasteiger partial charge in [0.1, 0.15) is 42.3 Å². The lowest BCUT2D eigenvalue weighted by Gasteiger charge is -2.19. The zero-order valence-electron chi connectivity index (χ0n) is 19.0. The van der Waals surface area contributed by atoms with Gasteiger partial charge in [0.25, 0.3) is 0 Å². The quantitative estimate of drug-likeness (QED) is 0.138. The van der Waals surface area contributed by atoms with Gasteiger partial charge in [0.15, 0.2) is 34.8 Å². The third kappa shape index (κ3) is 5.17. The van der Waals surface area contributed by atoms with E-state index in [1.165, 1.54) is 0 Å². The molecule has 0 heterocycles.